The highest BCUT2D eigenvalue weighted by Crippen LogP contribution is 2.23. The number of hydrogen-bond donors (Lipinski definition) is 2. The van der Waals surface area contributed by atoms with Crippen LogP contribution in [0.5, 0.6) is 0 Å². The third-order valence-electron chi connectivity index (χ3n) is 4.00. The summed E-state index contributed by atoms with van der Waals surface area (Å²) in [6.45, 7) is 3.42. The van der Waals surface area contributed by atoms with Crippen molar-refractivity contribution in [3.05, 3.63) is 71.5 Å². The van der Waals surface area contributed by atoms with E-state index in [1.54, 1.807) is 13.8 Å². The summed E-state index contributed by atoms with van der Waals surface area (Å²) >= 11 is 0. The van der Waals surface area contributed by atoms with Crippen LogP contribution in [0.1, 0.15) is 37.3 Å². The quantitative estimate of drug-likeness (QED) is 0.712. The standard InChI is InChI=1S/C19H18F2N2O2/c1-11(15-8-7-14(20)10-16(15)21)22-19(24)23-12(2)18-9-13-5-3-4-6-17(13)25-18/h3-12H,1-2H3,(H2,22,23,24). The van der Waals surface area contributed by atoms with Gasteiger partial charge in [-0.15, -0.1) is 0 Å². The molecule has 130 valence electrons. The Morgan fingerprint density at radius 2 is 1.72 bits per heavy atom. The maximum absolute atomic E-state index is 13.8. The largest absolute Gasteiger partial charge is 0.459 e. The van der Waals surface area contributed by atoms with Gasteiger partial charge in [-0.05, 0) is 32.0 Å². The molecule has 2 unspecified atom stereocenters. The van der Waals surface area contributed by atoms with Crippen molar-refractivity contribution < 1.29 is 18.0 Å². The van der Waals surface area contributed by atoms with Gasteiger partial charge in [0.1, 0.15) is 23.0 Å². The minimum Gasteiger partial charge on any atom is -0.459 e. The highest BCUT2D eigenvalue weighted by Gasteiger charge is 2.17. The zero-order chi connectivity index (χ0) is 18.0. The van der Waals surface area contributed by atoms with Crippen molar-refractivity contribution in [3.63, 3.8) is 0 Å². The van der Waals surface area contributed by atoms with E-state index in [0.717, 1.165) is 23.1 Å². The molecule has 3 rings (SSSR count). The summed E-state index contributed by atoms with van der Waals surface area (Å²) in [6.07, 6.45) is 0. The van der Waals surface area contributed by atoms with Crippen molar-refractivity contribution in [1.82, 2.24) is 10.6 Å². The molecule has 2 amide bonds. The molecule has 3 aromatic rings. The first-order valence-corrected chi connectivity index (χ1v) is 7.94. The molecule has 2 atom stereocenters. The lowest BCUT2D eigenvalue weighted by atomic mass is 10.1. The fourth-order valence-electron chi connectivity index (χ4n) is 2.65. The molecule has 0 spiro atoms. The van der Waals surface area contributed by atoms with Crippen molar-refractivity contribution in [3.8, 4) is 0 Å². The molecule has 0 aliphatic heterocycles. The lowest BCUT2D eigenvalue weighted by Gasteiger charge is -2.18. The monoisotopic (exact) mass is 344 g/mol. The second-order valence-corrected chi connectivity index (χ2v) is 5.91. The smallest absolute Gasteiger partial charge is 0.315 e. The normalized spacial score (nSPS) is 13.4. The van der Waals surface area contributed by atoms with E-state index in [4.69, 9.17) is 4.42 Å². The van der Waals surface area contributed by atoms with Gasteiger partial charge in [0.25, 0.3) is 0 Å². The van der Waals surface area contributed by atoms with Gasteiger partial charge in [-0.3, -0.25) is 0 Å². The van der Waals surface area contributed by atoms with Crippen LogP contribution < -0.4 is 10.6 Å². The van der Waals surface area contributed by atoms with Gasteiger partial charge in [0.15, 0.2) is 0 Å². The Balaban J connectivity index is 1.65. The van der Waals surface area contributed by atoms with Crippen molar-refractivity contribution in [2.75, 3.05) is 0 Å². The number of carbonyl (C=O) groups is 1. The Morgan fingerprint density at radius 3 is 2.44 bits per heavy atom. The van der Waals surface area contributed by atoms with E-state index < -0.39 is 23.7 Å². The summed E-state index contributed by atoms with van der Waals surface area (Å²) < 4.78 is 32.4. The van der Waals surface area contributed by atoms with E-state index in [-0.39, 0.29) is 11.6 Å². The van der Waals surface area contributed by atoms with E-state index in [9.17, 15) is 13.6 Å². The van der Waals surface area contributed by atoms with Crippen molar-refractivity contribution in [2.24, 2.45) is 0 Å². The van der Waals surface area contributed by atoms with Gasteiger partial charge in [-0.25, -0.2) is 13.6 Å². The molecule has 0 saturated heterocycles. The lowest BCUT2D eigenvalue weighted by molar-refractivity contribution is 0.233. The summed E-state index contributed by atoms with van der Waals surface area (Å²) in [5, 5.41) is 6.34. The second-order valence-electron chi connectivity index (χ2n) is 5.91. The minimum atomic E-state index is -0.696. The zero-order valence-corrected chi connectivity index (χ0v) is 13.8. The van der Waals surface area contributed by atoms with E-state index in [1.807, 2.05) is 30.3 Å². The molecule has 2 aromatic carbocycles. The average Bonchev–Trinajstić information content (AvgIpc) is 2.98. The number of furan rings is 1. The molecule has 4 nitrogen and oxygen atoms in total. The summed E-state index contributed by atoms with van der Waals surface area (Å²) in [6, 6.07) is 11.3. The molecule has 6 heteroatoms. The van der Waals surface area contributed by atoms with Crippen LogP contribution in [0, 0.1) is 11.6 Å². The molecule has 0 radical (unpaired) electrons. The van der Waals surface area contributed by atoms with Crippen LogP contribution in [0.2, 0.25) is 0 Å². The van der Waals surface area contributed by atoms with Gasteiger partial charge in [-0.1, -0.05) is 24.3 Å². The Morgan fingerprint density at radius 1 is 1.00 bits per heavy atom. The third kappa shape index (κ3) is 3.79. The number of benzene rings is 2. The van der Waals surface area contributed by atoms with Crippen LogP contribution in [0.15, 0.2) is 52.9 Å². The van der Waals surface area contributed by atoms with Crippen molar-refractivity contribution in [1.29, 1.82) is 0 Å². The molecule has 0 aliphatic rings. The highest BCUT2D eigenvalue weighted by molar-refractivity contribution is 5.78. The van der Waals surface area contributed by atoms with Gasteiger partial charge in [0, 0.05) is 17.0 Å². The van der Waals surface area contributed by atoms with Crippen LogP contribution >= 0.6 is 0 Å². The van der Waals surface area contributed by atoms with Gasteiger partial charge >= 0.3 is 6.03 Å². The van der Waals surface area contributed by atoms with Crippen LogP contribution in [0.4, 0.5) is 13.6 Å². The van der Waals surface area contributed by atoms with E-state index in [1.165, 1.54) is 6.07 Å². The number of amides is 2. The number of hydrogen-bond acceptors (Lipinski definition) is 2. The minimum absolute atomic E-state index is 0.216. The topological polar surface area (TPSA) is 54.3 Å². The summed E-state index contributed by atoms with van der Waals surface area (Å²) in [7, 11) is 0. The maximum Gasteiger partial charge on any atom is 0.315 e. The Bertz CT molecular complexity index is 874. The fourth-order valence-corrected chi connectivity index (χ4v) is 2.65. The fraction of sp³-hybridized carbons (Fsp3) is 0.211. The van der Waals surface area contributed by atoms with Crippen LogP contribution in [0.3, 0.4) is 0 Å². The Hall–Kier alpha value is -2.89. The summed E-state index contributed by atoms with van der Waals surface area (Å²) in [5.74, 6) is -0.730. The van der Waals surface area contributed by atoms with E-state index >= 15 is 0 Å². The van der Waals surface area contributed by atoms with Gasteiger partial charge in [0.2, 0.25) is 0 Å². The molecule has 2 N–H and O–H groups in total. The number of para-hydroxylation sites is 1. The summed E-state index contributed by atoms with van der Waals surface area (Å²) in [4.78, 5) is 12.1. The number of halogens is 2. The van der Waals surface area contributed by atoms with Crippen molar-refractivity contribution in [2.45, 2.75) is 25.9 Å². The van der Waals surface area contributed by atoms with Crippen LogP contribution in [-0.4, -0.2) is 6.03 Å². The molecule has 0 saturated carbocycles. The number of fused-ring (bicyclic) bond motifs is 1. The molecule has 25 heavy (non-hydrogen) atoms. The predicted octanol–water partition coefficient (Wildman–Crippen LogP) is 4.83. The molecule has 1 aromatic heterocycles. The second kappa shape index (κ2) is 6.93. The number of nitrogens with one attached hydrogen (secondary N) is 2. The SMILES string of the molecule is CC(NC(=O)NC(C)c1ccc(F)cc1F)c1cc2ccccc2o1. The first-order valence-electron chi connectivity index (χ1n) is 7.94. The Labute approximate surface area is 143 Å². The van der Waals surface area contributed by atoms with Crippen LogP contribution in [0.25, 0.3) is 11.0 Å². The molecule has 0 bridgehead atoms. The van der Waals surface area contributed by atoms with Crippen LogP contribution in [-0.2, 0) is 0 Å². The van der Waals surface area contributed by atoms with Gasteiger partial charge < -0.3 is 15.1 Å². The van der Waals surface area contributed by atoms with Gasteiger partial charge in [0.05, 0.1) is 12.1 Å². The van der Waals surface area contributed by atoms with E-state index in [2.05, 4.69) is 10.6 Å². The Kier molecular flexibility index (Phi) is 4.70. The van der Waals surface area contributed by atoms with E-state index in [0.29, 0.717) is 5.76 Å². The number of carbonyl (C=O) groups excluding carboxylic acids is 1. The molecule has 0 fully saturated rings. The van der Waals surface area contributed by atoms with Crippen molar-refractivity contribution >= 4 is 17.0 Å². The molecular weight excluding hydrogens is 326 g/mol. The predicted molar refractivity (Wildman–Crippen MR) is 91.1 cm³/mol. The summed E-state index contributed by atoms with van der Waals surface area (Å²) in [5.41, 5.74) is 0.959. The molecule has 1 heterocycles. The highest BCUT2D eigenvalue weighted by atomic mass is 19.1. The molecule has 0 aliphatic carbocycles. The zero-order valence-electron chi connectivity index (χ0n) is 13.8. The first kappa shape index (κ1) is 17.0. The average molecular weight is 344 g/mol. The lowest BCUT2D eigenvalue weighted by Crippen LogP contribution is -2.38. The third-order valence-corrected chi connectivity index (χ3v) is 4.00. The first-order chi connectivity index (χ1) is 11.9. The van der Waals surface area contributed by atoms with Gasteiger partial charge in [-0.2, -0.15) is 0 Å². The molecular formula is C19H18F2N2O2. The number of urea groups is 1. The number of rotatable bonds is 4. The maximum atomic E-state index is 13.8.